The summed E-state index contributed by atoms with van der Waals surface area (Å²) >= 11 is 10.7. The van der Waals surface area contributed by atoms with Crippen LogP contribution in [0.1, 0.15) is 9.67 Å². The van der Waals surface area contributed by atoms with E-state index in [0.29, 0.717) is 38.3 Å². The van der Waals surface area contributed by atoms with Crippen LogP contribution in [0, 0.1) is 10.1 Å². The Morgan fingerprint density at radius 1 is 1.22 bits per heavy atom. The van der Waals surface area contributed by atoms with Gasteiger partial charge in [0.25, 0.3) is 11.6 Å². The van der Waals surface area contributed by atoms with Gasteiger partial charge in [-0.1, -0.05) is 23.7 Å². The summed E-state index contributed by atoms with van der Waals surface area (Å²) in [6, 6.07) is 11.5. The smallest absolute Gasteiger partial charge is 0.287 e. The number of halogens is 2. The highest BCUT2D eigenvalue weighted by atomic mass is 79.9. The predicted octanol–water partition coefficient (Wildman–Crippen LogP) is 6.68. The number of nitrogens with zero attached hydrogens (tertiary/aromatic N) is 3. The van der Waals surface area contributed by atoms with Gasteiger partial charge in [-0.25, -0.2) is 4.98 Å². The van der Waals surface area contributed by atoms with Crippen LogP contribution in [0.2, 0.25) is 5.02 Å². The first-order chi connectivity index (χ1) is 15.4. The molecule has 0 radical (unpaired) electrons. The number of fused-ring (bicyclic) bond motifs is 2. The fraction of sp³-hybridized carbons (Fsp3) is 0. The third-order valence-electron chi connectivity index (χ3n) is 4.63. The van der Waals surface area contributed by atoms with Crippen LogP contribution < -0.4 is 5.32 Å². The van der Waals surface area contributed by atoms with Gasteiger partial charge in [0.2, 0.25) is 5.89 Å². The summed E-state index contributed by atoms with van der Waals surface area (Å²) < 4.78 is 6.93. The Morgan fingerprint density at radius 3 is 2.84 bits per heavy atom. The highest BCUT2D eigenvalue weighted by Gasteiger charge is 2.23. The summed E-state index contributed by atoms with van der Waals surface area (Å²) in [5, 5.41) is 14.7. The van der Waals surface area contributed by atoms with Crippen LogP contribution >= 0.6 is 38.9 Å². The number of thiophene rings is 1. The van der Waals surface area contributed by atoms with Gasteiger partial charge in [0.05, 0.1) is 15.5 Å². The van der Waals surface area contributed by atoms with Gasteiger partial charge in [-0.05, 0) is 40.2 Å². The van der Waals surface area contributed by atoms with Crippen molar-refractivity contribution in [2.24, 2.45) is 0 Å². The number of anilines is 1. The molecule has 0 aliphatic rings. The second-order valence-corrected chi connectivity index (χ2v) is 9.02. The van der Waals surface area contributed by atoms with Crippen molar-refractivity contribution < 1.29 is 14.1 Å². The molecular formula is C21H10BrClN4O4S. The van der Waals surface area contributed by atoms with E-state index in [1.807, 2.05) is 6.07 Å². The zero-order valence-electron chi connectivity index (χ0n) is 15.8. The Kier molecular flexibility index (Phi) is 5.12. The number of oxazole rings is 1. The average molecular weight is 530 g/mol. The van der Waals surface area contributed by atoms with Crippen molar-refractivity contribution in [1.29, 1.82) is 0 Å². The lowest BCUT2D eigenvalue weighted by atomic mass is 10.2. The predicted molar refractivity (Wildman–Crippen MR) is 126 cm³/mol. The van der Waals surface area contributed by atoms with Crippen LogP contribution in [0.25, 0.3) is 32.6 Å². The quantitative estimate of drug-likeness (QED) is 0.205. The van der Waals surface area contributed by atoms with Crippen molar-refractivity contribution in [2.45, 2.75) is 0 Å². The number of nitrogens with one attached hydrogen (secondary N) is 1. The maximum absolute atomic E-state index is 12.9. The molecule has 0 fully saturated rings. The first-order valence-corrected chi connectivity index (χ1v) is 11.1. The first kappa shape index (κ1) is 20.6. The number of carbonyl (C=O) groups excluding carboxylic acids is 1. The minimum Gasteiger partial charge on any atom is -0.436 e. The molecule has 0 bridgehead atoms. The number of nitro groups is 1. The molecular weight excluding hydrogens is 520 g/mol. The van der Waals surface area contributed by atoms with Gasteiger partial charge in [-0.15, -0.1) is 11.3 Å². The molecule has 0 saturated heterocycles. The Balaban J connectivity index is 1.47. The van der Waals surface area contributed by atoms with E-state index >= 15 is 0 Å². The van der Waals surface area contributed by atoms with Crippen LogP contribution in [0.15, 0.2) is 63.7 Å². The lowest BCUT2D eigenvalue weighted by Crippen LogP contribution is -2.10. The molecule has 11 heteroatoms. The second kappa shape index (κ2) is 7.97. The van der Waals surface area contributed by atoms with Crippen LogP contribution in [0.5, 0.6) is 0 Å². The largest absolute Gasteiger partial charge is 0.436 e. The monoisotopic (exact) mass is 528 g/mol. The van der Waals surface area contributed by atoms with E-state index in [1.54, 1.807) is 36.7 Å². The standard InChI is InChI=1S/C21H10BrClN4O4S/c22-11-6-10(8-24-9-11)21-26-14-7-12(4-5-16(14)31-21)25-20(28)19-17(23)13-2-1-3-15(27(29)30)18(13)32-19/h1-9H,(H,25,28). The van der Waals surface area contributed by atoms with E-state index < -0.39 is 10.8 Å². The van der Waals surface area contributed by atoms with Crippen molar-refractivity contribution in [3.8, 4) is 11.5 Å². The molecule has 158 valence electrons. The summed E-state index contributed by atoms with van der Waals surface area (Å²) in [6.07, 6.45) is 3.30. The van der Waals surface area contributed by atoms with Crippen molar-refractivity contribution in [2.75, 3.05) is 5.32 Å². The molecule has 3 aromatic heterocycles. The molecule has 2 aromatic carbocycles. The van der Waals surface area contributed by atoms with Gasteiger partial charge in [0, 0.05) is 34.0 Å². The molecule has 5 aromatic rings. The molecule has 0 atom stereocenters. The van der Waals surface area contributed by atoms with Gasteiger partial charge in [-0.3, -0.25) is 19.9 Å². The molecule has 0 unspecified atom stereocenters. The van der Waals surface area contributed by atoms with Crippen molar-refractivity contribution in [1.82, 2.24) is 9.97 Å². The maximum atomic E-state index is 12.9. The Morgan fingerprint density at radius 2 is 2.06 bits per heavy atom. The van der Waals surface area contributed by atoms with Gasteiger partial charge in [0.15, 0.2) is 5.58 Å². The van der Waals surface area contributed by atoms with Gasteiger partial charge in [0.1, 0.15) is 15.1 Å². The Labute approximate surface area is 197 Å². The number of rotatable bonds is 4. The summed E-state index contributed by atoms with van der Waals surface area (Å²) in [7, 11) is 0. The van der Waals surface area contributed by atoms with Gasteiger partial charge < -0.3 is 9.73 Å². The molecule has 32 heavy (non-hydrogen) atoms. The average Bonchev–Trinajstić information content (AvgIpc) is 3.34. The van der Waals surface area contributed by atoms with E-state index in [0.717, 1.165) is 15.8 Å². The lowest BCUT2D eigenvalue weighted by molar-refractivity contribution is -0.382. The maximum Gasteiger partial charge on any atom is 0.287 e. The minimum atomic E-state index is -0.492. The SMILES string of the molecule is O=C(Nc1ccc2oc(-c3cncc(Br)c3)nc2c1)c1sc2c([N+](=O)[O-])cccc2c1Cl. The third kappa shape index (κ3) is 3.62. The number of non-ortho nitro benzene ring substituents is 1. The summed E-state index contributed by atoms with van der Waals surface area (Å²) in [4.78, 5) is 32.4. The van der Waals surface area contributed by atoms with E-state index in [9.17, 15) is 14.9 Å². The molecule has 5 rings (SSSR count). The fourth-order valence-electron chi connectivity index (χ4n) is 3.21. The summed E-state index contributed by atoms with van der Waals surface area (Å²) in [5.74, 6) is -0.0677. The van der Waals surface area contributed by atoms with Crippen LogP contribution in [0.3, 0.4) is 0 Å². The molecule has 0 spiro atoms. The number of carbonyl (C=O) groups is 1. The number of aromatic nitrogens is 2. The highest BCUT2D eigenvalue weighted by Crippen LogP contribution is 2.40. The first-order valence-electron chi connectivity index (χ1n) is 9.09. The van der Waals surface area contributed by atoms with Gasteiger partial charge >= 0.3 is 0 Å². The number of amides is 1. The molecule has 0 aliphatic carbocycles. The highest BCUT2D eigenvalue weighted by molar-refractivity contribution is 9.10. The molecule has 8 nitrogen and oxygen atoms in total. The number of pyridine rings is 1. The minimum absolute atomic E-state index is 0.0907. The number of benzene rings is 2. The van der Waals surface area contributed by atoms with Crippen molar-refractivity contribution >= 4 is 77.3 Å². The molecule has 1 amide bonds. The number of hydrogen-bond donors (Lipinski definition) is 1. The Hall–Kier alpha value is -3.34. The number of hydrogen-bond acceptors (Lipinski definition) is 7. The summed E-state index contributed by atoms with van der Waals surface area (Å²) in [5.41, 5.74) is 2.20. The molecule has 0 saturated carbocycles. The van der Waals surface area contributed by atoms with Crippen LogP contribution in [0.4, 0.5) is 11.4 Å². The fourth-order valence-corrected chi connectivity index (χ4v) is 5.06. The number of nitro benzene ring substituents is 1. The van der Waals surface area contributed by atoms with Crippen LogP contribution in [-0.4, -0.2) is 20.8 Å². The molecule has 3 heterocycles. The normalized spacial score (nSPS) is 11.2. The summed E-state index contributed by atoms with van der Waals surface area (Å²) in [6.45, 7) is 0. The van der Waals surface area contributed by atoms with E-state index in [1.165, 1.54) is 12.1 Å². The molecule has 1 N–H and O–H groups in total. The van der Waals surface area contributed by atoms with Crippen molar-refractivity contribution in [3.63, 3.8) is 0 Å². The third-order valence-corrected chi connectivity index (χ3v) is 6.80. The van der Waals surface area contributed by atoms with E-state index in [4.69, 9.17) is 16.0 Å². The van der Waals surface area contributed by atoms with Gasteiger partial charge in [-0.2, -0.15) is 0 Å². The van der Waals surface area contributed by atoms with Crippen LogP contribution in [-0.2, 0) is 0 Å². The zero-order chi connectivity index (χ0) is 22.4. The van der Waals surface area contributed by atoms with E-state index in [-0.39, 0.29) is 15.6 Å². The van der Waals surface area contributed by atoms with E-state index in [2.05, 4.69) is 31.2 Å². The second-order valence-electron chi connectivity index (χ2n) is 6.70. The topological polar surface area (TPSA) is 111 Å². The van der Waals surface area contributed by atoms with Crippen molar-refractivity contribution in [3.05, 3.63) is 79.3 Å². The Bertz CT molecular complexity index is 1550. The molecule has 0 aliphatic heterocycles. The lowest BCUT2D eigenvalue weighted by Gasteiger charge is -2.03. The zero-order valence-corrected chi connectivity index (χ0v) is 19.0.